The highest BCUT2D eigenvalue weighted by atomic mass is 35.5. The fourth-order valence-electron chi connectivity index (χ4n) is 3.00. The Labute approximate surface area is 133 Å². The number of hydrogen-bond donors (Lipinski definition) is 0. The number of thiophene rings is 1. The summed E-state index contributed by atoms with van der Waals surface area (Å²) in [6.45, 7) is 1.03. The molecule has 2 atom stereocenters. The van der Waals surface area contributed by atoms with E-state index in [0.717, 1.165) is 9.21 Å². The Kier molecular flexibility index (Phi) is 4.15. The quantitative estimate of drug-likeness (QED) is 0.631. The van der Waals surface area contributed by atoms with E-state index in [2.05, 4.69) is 0 Å². The molecule has 2 heterocycles. The fraction of sp³-hybridized carbons (Fsp3) is 0.467. The van der Waals surface area contributed by atoms with Crippen molar-refractivity contribution in [2.45, 2.75) is 19.4 Å². The number of carbonyl (C=O) groups excluding carboxylic acids is 2. The van der Waals surface area contributed by atoms with E-state index in [1.54, 1.807) is 0 Å². The maximum Gasteiger partial charge on any atom is 0.234 e. The largest absolute Gasteiger partial charge is 0.284 e. The van der Waals surface area contributed by atoms with Crippen LogP contribution in [0.2, 0.25) is 4.34 Å². The van der Waals surface area contributed by atoms with Gasteiger partial charge in [0.1, 0.15) is 0 Å². The van der Waals surface area contributed by atoms with Gasteiger partial charge in [-0.25, -0.2) is 0 Å². The van der Waals surface area contributed by atoms with E-state index in [4.69, 9.17) is 11.6 Å². The van der Waals surface area contributed by atoms with E-state index >= 15 is 0 Å². The van der Waals surface area contributed by atoms with Gasteiger partial charge < -0.3 is 0 Å². The molecular weight excluding hydrogens is 308 g/mol. The van der Waals surface area contributed by atoms with Gasteiger partial charge in [0.25, 0.3) is 0 Å². The second kappa shape index (κ2) is 5.91. The Balaban J connectivity index is 1.64. The van der Waals surface area contributed by atoms with E-state index in [1.807, 2.05) is 36.2 Å². The average molecular weight is 325 g/mol. The van der Waals surface area contributed by atoms with Gasteiger partial charge in [-0.1, -0.05) is 23.8 Å². The first-order chi connectivity index (χ1) is 10.1. The van der Waals surface area contributed by atoms with Crippen LogP contribution in [0.4, 0.5) is 0 Å². The predicted octanol–water partition coefficient (Wildman–Crippen LogP) is 2.74. The van der Waals surface area contributed by atoms with Crippen LogP contribution < -0.4 is 0 Å². The van der Waals surface area contributed by atoms with Crippen molar-refractivity contribution in [1.29, 1.82) is 0 Å². The zero-order valence-corrected chi connectivity index (χ0v) is 13.4. The summed E-state index contributed by atoms with van der Waals surface area (Å²) in [7, 11) is 1.91. The summed E-state index contributed by atoms with van der Waals surface area (Å²) >= 11 is 7.44. The Morgan fingerprint density at radius 1 is 1.24 bits per heavy atom. The zero-order valence-electron chi connectivity index (χ0n) is 11.8. The van der Waals surface area contributed by atoms with Gasteiger partial charge in [0.05, 0.1) is 22.8 Å². The molecule has 0 saturated carbocycles. The molecule has 1 aromatic heterocycles. The highest BCUT2D eigenvalue weighted by Crippen LogP contribution is 2.35. The lowest BCUT2D eigenvalue weighted by Gasteiger charge is -2.22. The van der Waals surface area contributed by atoms with Crippen LogP contribution in [-0.2, 0) is 16.1 Å². The van der Waals surface area contributed by atoms with E-state index < -0.39 is 0 Å². The van der Waals surface area contributed by atoms with Crippen LogP contribution in [0.25, 0.3) is 0 Å². The van der Waals surface area contributed by atoms with Crippen LogP contribution in [0.5, 0.6) is 0 Å². The van der Waals surface area contributed by atoms with Crippen LogP contribution in [0.1, 0.15) is 17.7 Å². The van der Waals surface area contributed by atoms with Gasteiger partial charge in [0.2, 0.25) is 11.8 Å². The number of imide groups is 1. The number of allylic oxidation sites excluding steroid dienone is 2. The highest BCUT2D eigenvalue weighted by molar-refractivity contribution is 7.16. The maximum absolute atomic E-state index is 12.4. The first kappa shape index (κ1) is 14.8. The summed E-state index contributed by atoms with van der Waals surface area (Å²) in [5.74, 6) is -0.338. The monoisotopic (exact) mass is 324 g/mol. The first-order valence-corrected chi connectivity index (χ1v) is 8.18. The number of carbonyl (C=O) groups is 2. The van der Waals surface area contributed by atoms with Crippen LogP contribution in [-0.4, -0.2) is 35.3 Å². The molecule has 21 heavy (non-hydrogen) atoms. The van der Waals surface area contributed by atoms with Gasteiger partial charge in [-0.15, -0.1) is 11.3 Å². The van der Waals surface area contributed by atoms with E-state index in [9.17, 15) is 9.59 Å². The Morgan fingerprint density at radius 2 is 1.86 bits per heavy atom. The summed E-state index contributed by atoms with van der Waals surface area (Å²) in [5.41, 5.74) is 0. The number of nitrogens with zero attached hydrogens (tertiary/aromatic N) is 2. The molecule has 0 unspecified atom stereocenters. The summed E-state index contributed by atoms with van der Waals surface area (Å²) < 4.78 is 0.754. The summed E-state index contributed by atoms with van der Waals surface area (Å²) in [6.07, 6.45) is 5.40. The molecule has 1 fully saturated rings. The van der Waals surface area contributed by atoms with Gasteiger partial charge in [0, 0.05) is 11.4 Å². The minimum atomic E-state index is -0.146. The molecule has 3 rings (SSSR count). The second-order valence-corrected chi connectivity index (χ2v) is 7.42. The molecular formula is C15H17ClN2O2S. The molecule has 0 spiro atoms. The summed E-state index contributed by atoms with van der Waals surface area (Å²) in [6, 6.07) is 3.84. The van der Waals surface area contributed by atoms with Gasteiger partial charge in [-0.2, -0.15) is 0 Å². The third-order valence-electron chi connectivity index (χ3n) is 4.04. The fourth-order valence-corrected chi connectivity index (χ4v) is 4.17. The smallest absolute Gasteiger partial charge is 0.234 e. The standard InChI is InChI=1S/C15H17ClN2O2S/c1-17(8-10-6-7-13(16)21-10)9-18-14(19)11-4-2-3-5-12(11)15(18)20/h2-3,6-7,11-12H,4-5,8-9H2,1H3/t11-,12-/m1/s1. The number of fused-ring (bicyclic) bond motifs is 1. The molecule has 0 radical (unpaired) electrons. The van der Waals surface area contributed by atoms with Crippen molar-refractivity contribution in [2.75, 3.05) is 13.7 Å². The Morgan fingerprint density at radius 3 is 2.38 bits per heavy atom. The normalized spacial score (nSPS) is 25.0. The Hall–Kier alpha value is -1.17. The zero-order chi connectivity index (χ0) is 15.0. The lowest BCUT2D eigenvalue weighted by atomic mass is 9.85. The van der Waals surface area contributed by atoms with Crippen LogP contribution in [0.3, 0.4) is 0 Å². The van der Waals surface area contributed by atoms with Crippen molar-refractivity contribution < 1.29 is 9.59 Å². The molecule has 1 aliphatic carbocycles. The van der Waals surface area contributed by atoms with Crippen LogP contribution in [0.15, 0.2) is 24.3 Å². The summed E-state index contributed by atoms with van der Waals surface area (Å²) in [4.78, 5) is 29.3. The second-order valence-electron chi connectivity index (χ2n) is 5.62. The van der Waals surface area contributed by atoms with E-state index in [0.29, 0.717) is 26.1 Å². The molecule has 1 saturated heterocycles. The molecule has 112 valence electrons. The molecule has 1 aliphatic heterocycles. The van der Waals surface area contributed by atoms with Gasteiger partial charge >= 0.3 is 0 Å². The topological polar surface area (TPSA) is 40.6 Å². The van der Waals surface area contributed by atoms with Crippen molar-refractivity contribution in [3.05, 3.63) is 33.5 Å². The lowest BCUT2D eigenvalue weighted by molar-refractivity contribution is -0.142. The predicted molar refractivity (Wildman–Crippen MR) is 82.9 cm³/mol. The highest BCUT2D eigenvalue weighted by Gasteiger charge is 2.47. The van der Waals surface area contributed by atoms with Crippen molar-refractivity contribution in [1.82, 2.24) is 9.80 Å². The SMILES string of the molecule is CN(Cc1ccc(Cl)s1)CN1C(=O)[C@@H]2CC=CC[C@H]2C1=O. The summed E-state index contributed by atoms with van der Waals surface area (Å²) in [5, 5.41) is 0. The van der Waals surface area contributed by atoms with Gasteiger partial charge in [-0.3, -0.25) is 19.4 Å². The van der Waals surface area contributed by atoms with Gasteiger partial charge in [-0.05, 0) is 32.0 Å². The van der Waals surface area contributed by atoms with Crippen LogP contribution in [0, 0.1) is 11.8 Å². The van der Waals surface area contributed by atoms with E-state index in [1.165, 1.54) is 16.2 Å². The molecule has 0 N–H and O–H groups in total. The molecule has 2 aliphatic rings. The van der Waals surface area contributed by atoms with Crippen LogP contribution >= 0.6 is 22.9 Å². The van der Waals surface area contributed by atoms with Gasteiger partial charge in [0.15, 0.2) is 0 Å². The third-order valence-corrected chi connectivity index (χ3v) is 5.25. The first-order valence-electron chi connectivity index (χ1n) is 6.99. The molecule has 0 bridgehead atoms. The number of hydrogen-bond acceptors (Lipinski definition) is 4. The minimum Gasteiger partial charge on any atom is -0.284 e. The number of likely N-dealkylation sites (tertiary alicyclic amines) is 1. The van der Waals surface area contributed by atoms with Crippen molar-refractivity contribution >= 4 is 34.8 Å². The van der Waals surface area contributed by atoms with Crippen molar-refractivity contribution in [2.24, 2.45) is 11.8 Å². The number of amides is 2. The molecule has 4 nitrogen and oxygen atoms in total. The molecule has 2 amide bonds. The van der Waals surface area contributed by atoms with E-state index in [-0.39, 0.29) is 23.7 Å². The molecule has 6 heteroatoms. The molecule has 0 aromatic carbocycles. The lowest BCUT2D eigenvalue weighted by Crippen LogP contribution is -2.39. The third kappa shape index (κ3) is 2.91. The maximum atomic E-state index is 12.4. The number of rotatable bonds is 4. The van der Waals surface area contributed by atoms with Crippen molar-refractivity contribution in [3.8, 4) is 0 Å². The average Bonchev–Trinajstić information content (AvgIpc) is 2.97. The van der Waals surface area contributed by atoms with Crippen molar-refractivity contribution in [3.63, 3.8) is 0 Å². The Bertz CT molecular complexity index is 572. The minimum absolute atomic E-state index is 0.0228. The molecule has 1 aromatic rings. The number of halogens is 1.